The van der Waals surface area contributed by atoms with Crippen LogP contribution < -0.4 is 10.2 Å². The van der Waals surface area contributed by atoms with Crippen LogP contribution in [0.2, 0.25) is 0 Å². The summed E-state index contributed by atoms with van der Waals surface area (Å²) in [6, 6.07) is 7.90. The average Bonchev–Trinajstić information content (AvgIpc) is 2.46. The van der Waals surface area contributed by atoms with Crippen LogP contribution in [0.1, 0.15) is 31.7 Å². The third-order valence-corrected chi connectivity index (χ3v) is 3.78. The molecule has 0 saturated carbocycles. The normalized spacial score (nSPS) is 18.0. The third kappa shape index (κ3) is 3.30. The van der Waals surface area contributed by atoms with Crippen molar-refractivity contribution in [2.24, 2.45) is 0 Å². The predicted octanol–water partition coefficient (Wildman–Crippen LogP) is 2.19. The summed E-state index contributed by atoms with van der Waals surface area (Å²) in [5.74, 6) is -0.696. The van der Waals surface area contributed by atoms with Crippen LogP contribution in [0.4, 0.5) is 5.69 Å². The number of benzene rings is 1. The molecule has 0 radical (unpaired) electrons. The largest absolute Gasteiger partial charge is 0.463 e. The number of allylic oxidation sites excluding steroid dienone is 1. The molecule has 0 spiro atoms. The molecule has 1 aromatic rings. The van der Waals surface area contributed by atoms with Gasteiger partial charge in [0.25, 0.3) is 0 Å². The summed E-state index contributed by atoms with van der Waals surface area (Å²) < 4.78 is 5.14. The van der Waals surface area contributed by atoms with E-state index in [-0.39, 0.29) is 24.2 Å². The van der Waals surface area contributed by atoms with Gasteiger partial charge in [0.2, 0.25) is 5.91 Å². The van der Waals surface area contributed by atoms with Gasteiger partial charge in [-0.2, -0.15) is 0 Å². The van der Waals surface area contributed by atoms with E-state index in [1.807, 2.05) is 43.3 Å². The van der Waals surface area contributed by atoms with Gasteiger partial charge in [-0.3, -0.25) is 4.79 Å². The number of nitrogens with zero attached hydrogens (tertiary/aromatic N) is 1. The number of esters is 1. The van der Waals surface area contributed by atoms with Gasteiger partial charge in [-0.15, -0.1) is 0 Å². The van der Waals surface area contributed by atoms with Gasteiger partial charge in [0, 0.05) is 37.8 Å². The second-order valence-electron chi connectivity index (χ2n) is 5.55. The molecule has 2 rings (SSSR count). The Morgan fingerprint density at radius 2 is 1.95 bits per heavy atom. The van der Waals surface area contributed by atoms with E-state index in [4.69, 9.17) is 4.74 Å². The number of hydrogen-bond donors (Lipinski definition) is 1. The molecule has 5 nitrogen and oxygen atoms in total. The molecule has 1 amide bonds. The molecule has 0 aromatic heterocycles. The average molecular weight is 302 g/mol. The molecule has 1 unspecified atom stereocenters. The Labute approximate surface area is 130 Å². The monoisotopic (exact) mass is 302 g/mol. The molecule has 1 aliphatic heterocycles. The van der Waals surface area contributed by atoms with Gasteiger partial charge in [-0.05, 0) is 31.5 Å². The molecule has 0 fully saturated rings. The number of amides is 1. The van der Waals surface area contributed by atoms with E-state index < -0.39 is 0 Å². The van der Waals surface area contributed by atoms with E-state index in [9.17, 15) is 9.59 Å². The standard InChI is InChI=1S/C17H22N2O3/c1-5-22-17(21)16-11(2)18-15(20)10-14(16)12-6-8-13(9-7-12)19(3)4/h6-9,14H,5,10H2,1-4H3,(H,18,20). The second-order valence-corrected chi connectivity index (χ2v) is 5.55. The third-order valence-electron chi connectivity index (χ3n) is 3.78. The van der Waals surface area contributed by atoms with Gasteiger partial charge in [0.05, 0.1) is 12.2 Å². The van der Waals surface area contributed by atoms with Crippen molar-refractivity contribution in [3.05, 3.63) is 41.1 Å². The first-order chi connectivity index (χ1) is 10.4. The van der Waals surface area contributed by atoms with Gasteiger partial charge in [-0.1, -0.05) is 12.1 Å². The number of anilines is 1. The van der Waals surface area contributed by atoms with Crippen LogP contribution in [0.25, 0.3) is 0 Å². The number of carbonyl (C=O) groups is 2. The summed E-state index contributed by atoms with van der Waals surface area (Å²) in [6.07, 6.45) is 0.257. The van der Waals surface area contributed by atoms with E-state index in [1.165, 1.54) is 0 Å². The second kappa shape index (κ2) is 6.64. The van der Waals surface area contributed by atoms with Gasteiger partial charge >= 0.3 is 5.97 Å². The van der Waals surface area contributed by atoms with Gasteiger partial charge in [-0.25, -0.2) is 4.79 Å². The molecule has 1 aromatic carbocycles. The summed E-state index contributed by atoms with van der Waals surface area (Å²) in [5.41, 5.74) is 3.14. The van der Waals surface area contributed by atoms with Crippen LogP contribution in [0.3, 0.4) is 0 Å². The maximum absolute atomic E-state index is 12.2. The number of rotatable bonds is 4. The van der Waals surface area contributed by atoms with Crippen molar-refractivity contribution in [3.8, 4) is 0 Å². The molecule has 5 heteroatoms. The lowest BCUT2D eigenvalue weighted by atomic mass is 9.84. The van der Waals surface area contributed by atoms with E-state index in [0.717, 1.165) is 11.3 Å². The zero-order valence-corrected chi connectivity index (χ0v) is 13.5. The Bertz CT molecular complexity index is 603. The van der Waals surface area contributed by atoms with Crippen molar-refractivity contribution in [1.29, 1.82) is 0 Å². The minimum absolute atomic E-state index is 0.0766. The SMILES string of the molecule is CCOC(=O)C1=C(C)NC(=O)CC1c1ccc(N(C)C)cc1. The summed E-state index contributed by atoms with van der Waals surface area (Å²) in [6.45, 7) is 3.83. The molecular weight excluding hydrogens is 280 g/mol. The van der Waals surface area contributed by atoms with Crippen LogP contribution in [-0.2, 0) is 14.3 Å². The van der Waals surface area contributed by atoms with E-state index >= 15 is 0 Å². The first-order valence-corrected chi connectivity index (χ1v) is 7.39. The van der Waals surface area contributed by atoms with Crippen molar-refractivity contribution >= 4 is 17.6 Å². The van der Waals surface area contributed by atoms with Gasteiger partial charge in [0.15, 0.2) is 0 Å². The lowest BCUT2D eigenvalue weighted by Gasteiger charge is -2.27. The molecule has 1 heterocycles. The highest BCUT2D eigenvalue weighted by molar-refractivity contribution is 5.95. The van der Waals surface area contributed by atoms with Crippen molar-refractivity contribution < 1.29 is 14.3 Å². The number of ether oxygens (including phenoxy) is 1. The summed E-state index contributed by atoms with van der Waals surface area (Å²) >= 11 is 0. The molecule has 22 heavy (non-hydrogen) atoms. The topological polar surface area (TPSA) is 58.6 Å². The molecule has 1 atom stereocenters. The van der Waals surface area contributed by atoms with Crippen LogP contribution in [-0.4, -0.2) is 32.6 Å². The lowest BCUT2D eigenvalue weighted by Crippen LogP contribution is -2.34. The van der Waals surface area contributed by atoms with Crippen molar-refractivity contribution in [1.82, 2.24) is 5.32 Å². The number of nitrogens with one attached hydrogen (secondary N) is 1. The Balaban J connectivity index is 2.38. The maximum Gasteiger partial charge on any atom is 0.336 e. The van der Waals surface area contributed by atoms with E-state index in [2.05, 4.69) is 5.32 Å². The Morgan fingerprint density at radius 1 is 1.32 bits per heavy atom. The molecule has 0 aliphatic carbocycles. The Kier molecular flexibility index (Phi) is 4.85. The smallest absolute Gasteiger partial charge is 0.336 e. The van der Waals surface area contributed by atoms with Gasteiger partial charge in [0.1, 0.15) is 0 Å². The fourth-order valence-corrected chi connectivity index (χ4v) is 2.67. The van der Waals surface area contributed by atoms with Crippen molar-refractivity contribution in [2.45, 2.75) is 26.2 Å². The lowest BCUT2D eigenvalue weighted by molar-refractivity contribution is -0.139. The molecule has 118 valence electrons. The minimum Gasteiger partial charge on any atom is -0.463 e. The molecule has 0 bridgehead atoms. The zero-order chi connectivity index (χ0) is 16.3. The zero-order valence-electron chi connectivity index (χ0n) is 13.5. The van der Waals surface area contributed by atoms with E-state index in [1.54, 1.807) is 13.8 Å². The maximum atomic E-state index is 12.2. The van der Waals surface area contributed by atoms with Crippen molar-refractivity contribution in [2.75, 3.05) is 25.6 Å². The van der Waals surface area contributed by atoms with Gasteiger partial charge < -0.3 is 15.0 Å². The number of hydrogen-bond acceptors (Lipinski definition) is 4. The highest BCUT2D eigenvalue weighted by Gasteiger charge is 2.32. The molecular formula is C17H22N2O3. The van der Waals surface area contributed by atoms with Crippen molar-refractivity contribution in [3.63, 3.8) is 0 Å². The summed E-state index contributed by atoms with van der Waals surface area (Å²) in [5, 5.41) is 2.73. The summed E-state index contributed by atoms with van der Waals surface area (Å²) in [7, 11) is 3.94. The quantitative estimate of drug-likeness (QED) is 0.866. The fraction of sp³-hybridized carbons (Fsp3) is 0.412. The highest BCUT2D eigenvalue weighted by Crippen LogP contribution is 2.34. The van der Waals surface area contributed by atoms with Crippen LogP contribution in [0, 0.1) is 0 Å². The van der Waals surface area contributed by atoms with Crippen LogP contribution >= 0.6 is 0 Å². The van der Waals surface area contributed by atoms with Crippen LogP contribution in [0.5, 0.6) is 0 Å². The fourth-order valence-electron chi connectivity index (χ4n) is 2.67. The summed E-state index contributed by atoms with van der Waals surface area (Å²) in [4.78, 5) is 26.1. The van der Waals surface area contributed by atoms with E-state index in [0.29, 0.717) is 17.9 Å². The minimum atomic E-state index is -0.360. The first kappa shape index (κ1) is 16.1. The first-order valence-electron chi connectivity index (χ1n) is 7.39. The van der Waals surface area contributed by atoms with Crippen LogP contribution in [0.15, 0.2) is 35.5 Å². The predicted molar refractivity (Wildman–Crippen MR) is 85.6 cm³/mol. The highest BCUT2D eigenvalue weighted by atomic mass is 16.5. The Morgan fingerprint density at radius 3 is 2.50 bits per heavy atom. The molecule has 1 N–H and O–H groups in total. The molecule has 1 aliphatic rings. The number of carbonyl (C=O) groups excluding carboxylic acids is 2. The Hall–Kier alpha value is -2.30. The molecule has 0 saturated heterocycles.